The summed E-state index contributed by atoms with van der Waals surface area (Å²) in [6.07, 6.45) is 26.9. The molecular weight excluding hydrogens is 340 g/mol. The van der Waals surface area contributed by atoms with Gasteiger partial charge in [0.2, 0.25) is 0 Å². The zero-order valence-electron chi connectivity index (χ0n) is 19.3. The van der Waals surface area contributed by atoms with Crippen LogP contribution in [-0.4, -0.2) is 12.7 Å². The maximum absolute atomic E-state index is 6.26. The summed E-state index contributed by atoms with van der Waals surface area (Å²) in [6.45, 7) is 5.64. The summed E-state index contributed by atoms with van der Waals surface area (Å²) in [7, 11) is 0. The Labute approximate surface area is 176 Å². The molecule has 0 radical (unpaired) electrons. The van der Waals surface area contributed by atoms with Crippen LogP contribution in [0.25, 0.3) is 0 Å². The zero-order chi connectivity index (χ0) is 19.6. The third-order valence-electron chi connectivity index (χ3n) is 8.78. The van der Waals surface area contributed by atoms with Gasteiger partial charge in [0.05, 0.1) is 6.10 Å². The fourth-order valence-electron chi connectivity index (χ4n) is 6.89. The van der Waals surface area contributed by atoms with E-state index >= 15 is 0 Å². The highest BCUT2D eigenvalue weighted by Crippen LogP contribution is 2.46. The summed E-state index contributed by atoms with van der Waals surface area (Å²) in [5.41, 5.74) is 0. The molecule has 3 saturated carbocycles. The molecule has 3 aliphatic carbocycles. The summed E-state index contributed by atoms with van der Waals surface area (Å²) in [5.74, 6) is 5.24. The van der Waals surface area contributed by atoms with Crippen molar-refractivity contribution in [2.24, 2.45) is 29.6 Å². The van der Waals surface area contributed by atoms with Gasteiger partial charge < -0.3 is 4.74 Å². The van der Waals surface area contributed by atoms with Gasteiger partial charge in [-0.3, -0.25) is 0 Å². The van der Waals surface area contributed by atoms with Crippen molar-refractivity contribution in [2.75, 3.05) is 6.61 Å². The molecule has 0 aromatic carbocycles. The minimum atomic E-state index is 0.590. The summed E-state index contributed by atoms with van der Waals surface area (Å²) in [5, 5.41) is 0. The minimum absolute atomic E-state index is 0.590. The Morgan fingerprint density at radius 1 is 0.607 bits per heavy atom. The molecule has 0 amide bonds. The van der Waals surface area contributed by atoms with Crippen molar-refractivity contribution in [3.8, 4) is 0 Å². The Bertz CT molecular complexity index is 389. The van der Waals surface area contributed by atoms with Crippen LogP contribution in [0, 0.1) is 29.6 Å². The van der Waals surface area contributed by atoms with Crippen molar-refractivity contribution >= 4 is 0 Å². The molecule has 2 unspecified atom stereocenters. The summed E-state index contributed by atoms with van der Waals surface area (Å²) >= 11 is 0. The summed E-state index contributed by atoms with van der Waals surface area (Å²) in [4.78, 5) is 0. The van der Waals surface area contributed by atoms with Crippen molar-refractivity contribution < 1.29 is 4.74 Å². The molecule has 3 fully saturated rings. The van der Waals surface area contributed by atoms with Gasteiger partial charge in [0.15, 0.2) is 0 Å². The zero-order valence-corrected chi connectivity index (χ0v) is 19.3. The lowest BCUT2D eigenvalue weighted by molar-refractivity contribution is -0.00533. The first-order valence-corrected chi connectivity index (χ1v) is 13.4. The molecule has 0 spiro atoms. The lowest BCUT2D eigenvalue weighted by Crippen LogP contribution is -2.32. The quantitative estimate of drug-likeness (QED) is 0.339. The molecule has 0 aliphatic heterocycles. The Hall–Kier alpha value is -0.0400. The van der Waals surface area contributed by atoms with E-state index in [1.165, 1.54) is 77.0 Å². The predicted molar refractivity (Wildman–Crippen MR) is 122 cm³/mol. The predicted octanol–water partition coefficient (Wildman–Crippen LogP) is 8.56. The maximum Gasteiger partial charge on any atom is 0.0577 e. The van der Waals surface area contributed by atoms with E-state index in [2.05, 4.69) is 13.8 Å². The fraction of sp³-hybridized carbons (Fsp3) is 1.00. The first-order chi connectivity index (χ1) is 13.8. The second-order valence-electron chi connectivity index (χ2n) is 10.7. The second kappa shape index (κ2) is 12.6. The Balaban J connectivity index is 1.33. The second-order valence-corrected chi connectivity index (χ2v) is 10.7. The first-order valence-electron chi connectivity index (χ1n) is 13.4. The average molecular weight is 391 g/mol. The number of rotatable bonds is 10. The van der Waals surface area contributed by atoms with E-state index in [0.29, 0.717) is 6.10 Å². The van der Waals surface area contributed by atoms with Crippen LogP contribution >= 0.6 is 0 Å². The van der Waals surface area contributed by atoms with Gasteiger partial charge in [-0.2, -0.15) is 0 Å². The van der Waals surface area contributed by atoms with Crippen molar-refractivity contribution in [1.29, 1.82) is 0 Å². The normalized spacial score (nSPS) is 37.1. The van der Waals surface area contributed by atoms with Gasteiger partial charge in [-0.1, -0.05) is 65.2 Å². The smallest absolute Gasteiger partial charge is 0.0577 e. The van der Waals surface area contributed by atoms with Gasteiger partial charge in [0.25, 0.3) is 0 Å². The third kappa shape index (κ3) is 7.03. The molecule has 3 rings (SSSR count). The number of unbranched alkanes of at least 4 members (excludes halogenated alkanes) is 3. The fourth-order valence-corrected chi connectivity index (χ4v) is 6.89. The van der Waals surface area contributed by atoms with Crippen LogP contribution in [0.1, 0.15) is 129 Å². The molecular formula is C27H50O. The SMILES string of the molecule is CCCCCOC1CCCC(C2CCC(C3CCC(CCCC)CC3)CC2)C1. The molecule has 0 heterocycles. The number of hydrogen-bond donors (Lipinski definition) is 0. The van der Waals surface area contributed by atoms with Crippen LogP contribution in [0.4, 0.5) is 0 Å². The van der Waals surface area contributed by atoms with Crippen LogP contribution in [0.5, 0.6) is 0 Å². The van der Waals surface area contributed by atoms with Gasteiger partial charge in [0, 0.05) is 6.61 Å². The highest BCUT2D eigenvalue weighted by molar-refractivity contribution is 4.86. The standard InChI is InChI=1S/C27H50O/c1-3-5-7-20-28-27-11-8-10-26(21-27)25-18-16-24(17-19-25)23-14-12-22(13-15-23)9-6-4-2/h22-27H,3-21H2,1-2H3. The monoisotopic (exact) mass is 390 g/mol. The molecule has 1 heteroatoms. The average Bonchev–Trinajstić information content (AvgIpc) is 2.76. The van der Waals surface area contributed by atoms with E-state index < -0.39 is 0 Å². The maximum atomic E-state index is 6.26. The largest absolute Gasteiger partial charge is 0.378 e. The van der Waals surface area contributed by atoms with E-state index in [1.807, 2.05) is 0 Å². The molecule has 2 atom stereocenters. The van der Waals surface area contributed by atoms with E-state index in [9.17, 15) is 0 Å². The van der Waals surface area contributed by atoms with Crippen molar-refractivity contribution in [3.05, 3.63) is 0 Å². The lowest BCUT2D eigenvalue weighted by atomic mass is 9.65. The Morgan fingerprint density at radius 2 is 1.21 bits per heavy atom. The molecule has 28 heavy (non-hydrogen) atoms. The lowest BCUT2D eigenvalue weighted by Gasteiger charge is -2.41. The van der Waals surface area contributed by atoms with E-state index in [4.69, 9.17) is 4.74 Å². The van der Waals surface area contributed by atoms with Crippen LogP contribution < -0.4 is 0 Å². The topological polar surface area (TPSA) is 9.23 Å². The van der Waals surface area contributed by atoms with Gasteiger partial charge in [-0.25, -0.2) is 0 Å². The first kappa shape index (κ1) is 22.6. The molecule has 0 aromatic rings. The number of hydrogen-bond acceptors (Lipinski definition) is 1. The van der Waals surface area contributed by atoms with Crippen molar-refractivity contribution in [1.82, 2.24) is 0 Å². The van der Waals surface area contributed by atoms with Gasteiger partial charge >= 0.3 is 0 Å². The molecule has 3 aliphatic rings. The molecule has 1 nitrogen and oxygen atoms in total. The van der Waals surface area contributed by atoms with Gasteiger partial charge in [0.1, 0.15) is 0 Å². The summed E-state index contributed by atoms with van der Waals surface area (Å²) in [6, 6.07) is 0. The van der Waals surface area contributed by atoms with Crippen molar-refractivity contribution in [3.63, 3.8) is 0 Å². The molecule has 0 N–H and O–H groups in total. The van der Waals surface area contributed by atoms with Crippen LogP contribution in [0.3, 0.4) is 0 Å². The Kier molecular flexibility index (Phi) is 10.2. The minimum Gasteiger partial charge on any atom is -0.378 e. The molecule has 0 saturated heterocycles. The Morgan fingerprint density at radius 3 is 1.86 bits per heavy atom. The number of ether oxygens (including phenoxy) is 1. The van der Waals surface area contributed by atoms with Crippen molar-refractivity contribution in [2.45, 2.75) is 136 Å². The van der Waals surface area contributed by atoms with Crippen LogP contribution in [-0.2, 0) is 4.74 Å². The van der Waals surface area contributed by atoms with E-state index in [-0.39, 0.29) is 0 Å². The van der Waals surface area contributed by atoms with E-state index in [0.717, 1.165) is 36.2 Å². The molecule has 0 aromatic heterocycles. The highest BCUT2D eigenvalue weighted by Gasteiger charge is 2.35. The van der Waals surface area contributed by atoms with Gasteiger partial charge in [-0.05, 0) is 93.8 Å². The molecule has 0 bridgehead atoms. The van der Waals surface area contributed by atoms with E-state index in [1.54, 1.807) is 38.5 Å². The highest BCUT2D eigenvalue weighted by atomic mass is 16.5. The van der Waals surface area contributed by atoms with Crippen LogP contribution in [0.15, 0.2) is 0 Å². The van der Waals surface area contributed by atoms with Gasteiger partial charge in [-0.15, -0.1) is 0 Å². The van der Waals surface area contributed by atoms with Crippen LogP contribution in [0.2, 0.25) is 0 Å². The third-order valence-corrected chi connectivity index (χ3v) is 8.78. The summed E-state index contributed by atoms with van der Waals surface area (Å²) < 4.78 is 6.26. The molecule has 164 valence electrons.